The fourth-order valence-electron chi connectivity index (χ4n) is 8.29. The molecular weight excluding hydrogens is 901 g/mol. The first-order valence-corrected chi connectivity index (χ1v) is 30.4. The molecule has 1 unspecified atom stereocenters. The molecule has 0 N–H and O–H groups in total. The first-order valence-electron chi connectivity index (χ1n) is 30.4. The summed E-state index contributed by atoms with van der Waals surface area (Å²) in [7, 11) is 0. The molecule has 6 heteroatoms. The lowest BCUT2D eigenvalue weighted by molar-refractivity contribution is -0.166. The standard InChI is InChI=1S/C67H112O6/c1-4-7-10-13-16-19-22-25-28-29-30-31-32-33-34-35-36-37-40-42-45-48-51-54-57-60-66(69)72-63-64(73-67(70)61-58-55-52-49-46-43-39-27-24-21-18-15-12-9-6-3)62-71-65(68)59-56-53-50-47-44-41-38-26-23-20-17-14-11-8-5-2/h8-9,11-12,17-18,20-21,26-27,29-30,38-39,46,49,55,58,64H,4-7,10,13-16,19,22-25,28,31-37,40-45,47-48,50-54,56-57,59-63H2,1-3H3/b11-8-,12-9-,20-17-,21-18-,30-29-,38-26-,39-27-,49-46-,58-55-. The van der Waals surface area contributed by atoms with Crippen molar-refractivity contribution in [2.45, 2.75) is 284 Å². The van der Waals surface area contributed by atoms with E-state index < -0.39 is 12.1 Å². The number of hydrogen-bond acceptors (Lipinski definition) is 6. The van der Waals surface area contributed by atoms with E-state index in [0.717, 1.165) is 103 Å². The SMILES string of the molecule is CC/C=C\C/C=C\C/C=C\C/C=C\C/C=C\CC(=O)OC(COC(=O)CCCCCCC/C=C\C/C=C\C/C=C\CC)COC(=O)CCCCCCCCCCCCCCC/C=C\CCCCCCCCCC. The van der Waals surface area contributed by atoms with Gasteiger partial charge in [-0.15, -0.1) is 0 Å². The predicted molar refractivity (Wildman–Crippen MR) is 316 cm³/mol. The van der Waals surface area contributed by atoms with Gasteiger partial charge in [0.05, 0.1) is 6.42 Å². The number of hydrogen-bond donors (Lipinski definition) is 0. The van der Waals surface area contributed by atoms with E-state index in [1.165, 1.54) is 128 Å². The molecule has 0 radical (unpaired) electrons. The Hall–Kier alpha value is -3.93. The minimum atomic E-state index is -0.842. The van der Waals surface area contributed by atoms with Crippen LogP contribution in [-0.2, 0) is 28.6 Å². The maximum absolute atomic E-state index is 12.8. The molecule has 0 saturated carbocycles. The van der Waals surface area contributed by atoms with Crippen molar-refractivity contribution in [1.82, 2.24) is 0 Å². The first kappa shape index (κ1) is 69.1. The molecule has 0 heterocycles. The summed E-state index contributed by atoms with van der Waals surface area (Å²) < 4.78 is 16.8. The Morgan fingerprint density at radius 3 is 0.918 bits per heavy atom. The highest BCUT2D eigenvalue weighted by molar-refractivity contribution is 5.72. The first-order chi connectivity index (χ1) is 36.0. The average Bonchev–Trinajstić information content (AvgIpc) is 3.39. The molecule has 0 fully saturated rings. The van der Waals surface area contributed by atoms with Crippen molar-refractivity contribution < 1.29 is 28.6 Å². The number of esters is 3. The monoisotopic (exact) mass is 1010 g/mol. The van der Waals surface area contributed by atoms with Crippen molar-refractivity contribution in [2.24, 2.45) is 0 Å². The van der Waals surface area contributed by atoms with Crippen LogP contribution in [0.1, 0.15) is 278 Å². The third kappa shape index (κ3) is 58.8. The van der Waals surface area contributed by atoms with Crippen LogP contribution in [-0.4, -0.2) is 37.2 Å². The molecule has 0 aliphatic rings. The van der Waals surface area contributed by atoms with E-state index in [9.17, 15) is 14.4 Å². The molecule has 0 saturated heterocycles. The van der Waals surface area contributed by atoms with E-state index in [4.69, 9.17) is 14.2 Å². The van der Waals surface area contributed by atoms with Gasteiger partial charge in [0.2, 0.25) is 0 Å². The van der Waals surface area contributed by atoms with Gasteiger partial charge >= 0.3 is 17.9 Å². The lowest BCUT2D eigenvalue weighted by atomic mass is 10.0. The zero-order valence-electron chi connectivity index (χ0n) is 47.6. The Kier molecular flexibility index (Phi) is 57.4. The van der Waals surface area contributed by atoms with Gasteiger partial charge in [-0.1, -0.05) is 265 Å². The van der Waals surface area contributed by atoms with Gasteiger partial charge in [-0.05, 0) is 103 Å². The lowest BCUT2D eigenvalue weighted by Crippen LogP contribution is -2.30. The van der Waals surface area contributed by atoms with E-state index >= 15 is 0 Å². The molecule has 0 aliphatic carbocycles. The van der Waals surface area contributed by atoms with Crippen molar-refractivity contribution in [3.05, 3.63) is 109 Å². The van der Waals surface area contributed by atoms with Gasteiger partial charge in [0.25, 0.3) is 0 Å². The summed E-state index contributed by atoms with van der Waals surface area (Å²) in [6.45, 7) is 6.33. The van der Waals surface area contributed by atoms with Crippen LogP contribution in [0.2, 0.25) is 0 Å². The number of carbonyl (C=O) groups is 3. The van der Waals surface area contributed by atoms with E-state index in [2.05, 4.69) is 118 Å². The zero-order chi connectivity index (χ0) is 52.9. The van der Waals surface area contributed by atoms with E-state index in [1.807, 2.05) is 6.08 Å². The van der Waals surface area contributed by atoms with E-state index in [-0.39, 0.29) is 31.6 Å². The van der Waals surface area contributed by atoms with Crippen LogP contribution in [0, 0.1) is 0 Å². The van der Waals surface area contributed by atoms with Gasteiger partial charge in [-0.3, -0.25) is 14.4 Å². The van der Waals surface area contributed by atoms with Crippen LogP contribution >= 0.6 is 0 Å². The van der Waals surface area contributed by atoms with Crippen LogP contribution in [0.25, 0.3) is 0 Å². The molecule has 6 nitrogen and oxygen atoms in total. The molecule has 0 amide bonds. The Morgan fingerprint density at radius 2 is 0.575 bits per heavy atom. The molecule has 0 aromatic carbocycles. The van der Waals surface area contributed by atoms with Gasteiger partial charge in [0, 0.05) is 12.8 Å². The second kappa shape index (κ2) is 60.6. The highest BCUT2D eigenvalue weighted by Gasteiger charge is 2.19. The lowest BCUT2D eigenvalue weighted by Gasteiger charge is -2.18. The Balaban J connectivity index is 4.38. The Labute approximate surface area is 450 Å². The smallest absolute Gasteiger partial charge is 0.310 e. The molecule has 1 atom stereocenters. The summed E-state index contributed by atoms with van der Waals surface area (Å²) in [5.41, 5.74) is 0. The second-order valence-electron chi connectivity index (χ2n) is 19.9. The van der Waals surface area contributed by atoms with Crippen LogP contribution in [0.3, 0.4) is 0 Å². The number of unbranched alkanes of at least 4 members (excludes halogenated alkanes) is 26. The van der Waals surface area contributed by atoms with E-state index in [0.29, 0.717) is 19.3 Å². The van der Waals surface area contributed by atoms with Crippen molar-refractivity contribution in [2.75, 3.05) is 13.2 Å². The number of ether oxygens (including phenoxy) is 3. The highest BCUT2D eigenvalue weighted by atomic mass is 16.6. The summed E-state index contributed by atoms with van der Waals surface area (Å²) in [4.78, 5) is 38.1. The Morgan fingerprint density at radius 1 is 0.301 bits per heavy atom. The quantitative estimate of drug-likeness (QED) is 0.0261. The predicted octanol–water partition coefficient (Wildman–Crippen LogP) is 20.7. The summed E-state index contributed by atoms with van der Waals surface area (Å²) in [5.74, 6) is -1.07. The zero-order valence-corrected chi connectivity index (χ0v) is 47.6. The molecule has 0 rings (SSSR count). The number of allylic oxidation sites excluding steroid dienone is 17. The molecule has 0 spiro atoms. The summed E-state index contributed by atoms with van der Waals surface area (Å²) in [6.07, 6.45) is 82.7. The van der Waals surface area contributed by atoms with Crippen LogP contribution in [0.4, 0.5) is 0 Å². The molecule has 0 aromatic heterocycles. The summed E-state index contributed by atoms with van der Waals surface area (Å²) in [6, 6.07) is 0. The molecule has 0 aromatic rings. The maximum Gasteiger partial charge on any atom is 0.310 e. The number of carbonyl (C=O) groups excluding carboxylic acids is 3. The van der Waals surface area contributed by atoms with Crippen LogP contribution in [0.15, 0.2) is 109 Å². The third-order valence-electron chi connectivity index (χ3n) is 12.8. The number of rotatable bonds is 54. The van der Waals surface area contributed by atoms with Gasteiger partial charge in [-0.2, -0.15) is 0 Å². The van der Waals surface area contributed by atoms with Crippen LogP contribution < -0.4 is 0 Å². The fourth-order valence-corrected chi connectivity index (χ4v) is 8.29. The minimum absolute atomic E-state index is 0.0907. The van der Waals surface area contributed by atoms with Gasteiger partial charge in [0.1, 0.15) is 13.2 Å². The van der Waals surface area contributed by atoms with Gasteiger partial charge in [-0.25, -0.2) is 0 Å². The fraction of sp³-hybridized carbons (Fsp3) is 0.687. The van der Waals surface area contributed by atoms with Gasteiger partial charge < -0.3 is 14.2 Å². The molecule has 0 aliphatic heterocycles. The second-order valence-corrected chi connectivity index (χ2v) is 19.9. The highest BCUT2D eigenvalue weighted by Crippen LogP contribution is 2.16. The van der Waals surface area contributed by atoms with Crippen molar-refractivity contribution in [1.29, 1.82) is 0 Å². The third-order valence-corrected chi connectivity index (χ3v) is 12.8. The topological polar surface area (TPSA) is 78.9 Å². The molecular formula is C67H112O6. The molecule has 416 valence electrons. The van der Waals surface area contributed by atoms with Crippen molar-refractivity contribution in [3.8, 4) is 0 Å². The average molecular weight is 1010 g/mol. The maximum atomic E-state index is 12.8. The summed E-state index contributed by atoms with van der Waals surface area (Å²) in [5, 5.41) is 0. The van der Waals surface area contributed by atoms with E-state index in [1.54, 1.807) is 6.08 Å². The van der Waals surface area contributed by atoms with Crippen molar-refractivity contribution >= 4 is 17.9 Å². The normalized spacial score (nSPS) is 12.9. The van der Waals surface area contributed by atoms with Crippen molar-refractivity contribution in [3.63, 3.8) is 0 Å². The molecule has 0 bridgehead atoms. The minimum Gasteiger partial charge on any atom is -0.462 e. The summed E-state index contributed by atoms with van der Waals surface area (Å²) >= 11 is 0. The molecule has 73 heavy (non-hydrogen) atoms. The Bertz CT molecular complexity index is 1490. The largest absolute Gasteiger partial charge is 0.462 e. The van der Waals surface area contributed by atoms with Gasteiger partial charge in [0.15, 0.2) is 6.10 Å². The van der Waals surface area contributed by atoms with Crippen LogP contribution in [0.5, 0.6) is 0 Å².